The zero-order valence-electron chi connectivity index (χ0n) is 9.16. The van der Waals surface area contributed by atoms with Crippen LogP contribution in [-0.2, 0) is 0 Å². The van der Waals surface area contributed by atoms with Crippen LogP contribution in [0.4, 0.5) is 5.82 Å². The number of hydrogen-bond donors (Lipinski definition) is 1. The first-order valence-electron chi connectivity index (χ1n) is 4.93. The van der Waals surface area contributed by atoms with Crippen LogP contribution in [0.5, 0.6) is 0 Å². The number of aromatic nitrogens is 2. The third kappa shape index (κ3) is 2.16. The molecule has 0 radical (unpaired) electrons. The minimum Gasteiger partial charge on any atom is -0.383 e. The molecule has 82 valence electrons. The number of benzene rings is 1. The van der Waals surface area contributed by atoms with Crippen LogP contribution in [0.15, 0.2) is 24.4 Å². The third-order valence-electron chi connectivity index (χ3n) is 2.41. The van der Waals surface area contributed by atoms with Gasteiger partial charge in [-0.15, -0.1) is 0 Å². The summed E-state index contributed by atoms with van der Waals surface area (Å²) in [6.45, 7) is 4.10. The van der Waals surface area contributed by atoms with Crippen molar-refractivity contribution in [2.24, 2.45) is 0 Å². The summed E-state index contributed by atoms with van der Waals surface area (Å²) < 4.78 is 0.881. The van der Waals surface area contributed by atoms with Crippen LogP contribution in [0.1, 0.15) is 11.1 Å². The average Bonchev–Trinajstić information content (AvgIpc) is 2.26. The van der Waals surface area contributed by atoms with Crippen molar-refractivity contribution >= 4 is 28.4 Å². The molecule has 0 unspecified atom stereocenters. The van der Waals surface area contributed by atoms with Crippen LogP contribution >= 0.6 is 22.6 Å². The van der Waals surface area contributed by atoms with Gasteiger partial charge >= 0.3 is 0 Å². The summed E-state index contributed by atoms with van der Waals surface area (Å²) in [6, 6.07) is 6.23. The zero-order chi connectivity index (χ0) is 11.7. The predicted octanol–water partition coefficient (Wildman–Crippen LogP) is 2.95. The van der Waals surface area contributed by atoms with E-state index in [9.17, 15) is 0 Å². The molecule has 0 saturated carbocycles. The normalized spacial score (nSPS) is 10.4. The highest BCUT2D eigenvalue weighted by molar-refractivity contribution is 14.1. The van der Waals surface area contributed by atoms with Crippen molar-refractivity contribution in [3.8, 4) is 11.4 Å². The number of anilines is 1. The molecule has 0 fully saturated rings. The van der Waals surface area contributed by atoms with Gasteiger partial charge in [-0.25, -0.2) is 9.97 Å². The van der Waals surface area contributed by atoms with Crippen LogP contribution in [0.2, 0.25) is 0 Å². The summed E-state index contributed by atoms with van der Waals surface area (Å²) in [4.78, 5) is 8.62. The Balaban J connectivity index is 2.58. The van der Waals surface area contributed by atoms with Gasteiger partial charge in [0.15, 0.2) is 5.82 Å². The van der Waals surface area contributed by atoms with Crippen LogP contribution in [0.25, 0.3) is 11.4 Å². The van der Waals surface area contributed by atoms with Crippen LogP contribution < -0.4 is 5.73 Å². The average molecular weight is 325 g/mol. The molecule has 0 aliphatic rings. The second kappa shape index (κ2) is 4.37. The molecular weight excluding hydrogens is 313 g/mol. The lowest BCUT2D eigenvalue weighted by Crippen LogP contribution is -1.99. The Kier molecular flexibility index (Phi) is 3.09. The number of nitrogen functional groups attached to an aromatic ring is 1. The quantitative estimate of drug-likeness (QED) is 0.820. The molecule has 0 aliphatic carbocycles. The molecule has 2 N–H and O–H groups in total. The molecule has 0 saturated heterocycles. The fraction of sp³-hybridized carbons (Fsp3) is 0.167. The number of aryl methyl sites for hydroxylation is 2. The van der Waals surface area contributed by atoms with Gasteiger partial charge in [0, 0.05) is 11.8 Å². The Morgan fingerprint density at radius 2 is 2.00 bits per heavy atom. The first-order valence-corrected chi connectivity index (χ1v) is 6.01. The van der Waals surface area contributed by atoms with Gasteiger partial charge in [0.25, 0.3) is 0 Å². The van der Waals surface area contributed by atoms with Gasteiger partial charge in [0.1, 0.15) is 5.82 Å². The van der Waals surface area contributed by atoms with Crippen molar-refractivity contribution in [2.45, 2.75) is 13.8 Å². The van der Waals surface area contributed by atoms with Crippen molar-refractivity contribution in [2.75, 3.05) is 5.73 Å². The Morgan fingerprint density at radius 3 is 2.69 bits per heavy atom. The van der Waals surface area contributed by atoms with E-state index < -0.39 is 0 Å². The van der Waals surface area contributed by atoms with E-state index in [1.807, 2.05) is 6.92 Å². The molecule has 16 heavy (non-hydrogen) atoms. The van der Waals surface area contributed by atoms with Crippen LogP contribution in [0.3, 0.4) is 0 Å². The maximum absolute atomic E-state index is 5.79. The standard InChI is InChI=1S/C12H12IN3/c1-7-3-4-8(2)9(5-7)12-15-6-10(13)11(14)16-12/h3-6H,1-2H3,(H2,14,15,16). The second-order valence-corrected chi connectivity index (χ2v) is 4.91. The Hall–Kier alpha value is -1.17. The summed E-state index contributed by atoms with van der Waals surface area (Å²) in [5.41, 5.74) is 9.19. The van der Waals surface area contributed by atoms with E-state index in [2.05, 4.69) is 57.7 Å². The Bertz CT molecular complexity index is 538. The van der Waals surface area contributed by atoms with E-state index in [-0.39, 0.29) is 0 Å². The fourth-order valence-electron chi connectivity index (χ4n) is 1.49. The highest BCUT2D eigenvalue weighted by Crippen LogP contribution is 2.23. The van der Waals surface area contributed by atoms with E-state index >= 15 is 0 Å². The first-order chi connectivity index (χ1) is 7.58. The van der Waals surface area contributed by atoms with E-state index in [1.165, 1.54) is 5.56 Å². The van der Waals surface area contributed by atoms with Gasteiger partial charge in [-0.2, -0.15) is 0 Å². The van der Waals surface area contributed by atoms with Gasteiger partial charge < -0.3 is 5.73 Å². The molecule has 0 atom stereocenters. The predicted molar refractivity (Wildman–Crippen MR) is 74.1 cm³/mol. The summed E-state index contributed by atoms with van der Waals surface area (Å²) in [6.07, 6.45) is 1.75. The molecular formula is C12H12IN3. The van der Waals surface area contributed by atoms with E-state index in [1.54, 1.807) is 6.20 Å². The molecule has 0 amide bonds. The molecule has 0 spiro atoms. The lowest BCUT2D eigenvalue weighted by Gasteiger charge is -2.06. The number of nitrogens with zero attached hydrogens (tertiary/aromatic N) is 2. The van der Waals surface area contributed by atoms with Gasteiger partial charge in [0.2, 0.25) is 0 Å². The highest BCUT2D eigenvalue weighted by Gasteiger charge is 2.07. The second-order valence-electron chi connectivity index (χ2n) is 3.75. The van der Waals surface area contributed by atoms with Crippen molar-refractivity contribution < 1.29 is 0 Å². The molecule has 1 heterocycles. The summed E-state index contributed by atoms with van der Waals surface area (Å²) in [5.74, 6) is 1.23. The van der Waals surface area contributed by atoms with E-state index in [0.29, 0.717) is 11.6 Å². The smallest absolute Gasteiger partial charge is 0.161 e. The monoisotopic (exact) mass is 325 g/mol. The number of nitrogens with two attached hydrogens (primary N) is 1. The SMILES string of the molecule is Cc1ccc(C)c(-c2ncc(I)c(N)n2)c1. The molecule has 2 rings (SSSR count). The van der Waals surface area contributed by atoms with Gasteiger partial charge in [-0.05, 0) is 48.1 Å². The highest BCUT2D eigenvalue weighted by atomic mass is 127. The molecule has 1 aromatic carbocycles. The van der Waals surface area contributed by atoms with Gasteiger partial charge in [0.05, 0.1) is 3.57 Å². The molecule has 3 nitrogen and oxygen atoms in total. The van der Waals surface area contributed by atoms with Crippen molar-refractivity contribution in [1.82, 2.24) is 9.97 Å². The molecule has 0 aliphatic heterocycles. The zero-order valence-corrected chi connectivity index (χ0v) is 11.3. The summed E-state index contributed by atoms with van der Waals surface area (Å²) >= 11 is 2.13. The fourth-order valence-corrected chi connectivity index (χ4v) is 1.75. The first kappa shape index (κ1) is 11.3. The number of rotatable bonds is 1. The summed E-state index contributed by atoms with van der Waals surface area (Å²) in [5, 5.41) is 0. The largest absolute Gasteiger partial charge is 0.383 e. The van der Waals surface area contributed by atoms with E-state index in [0.717, 1.165) is 14.7 Å². The molecule has 0 bridgehead atoms. The minimum absolute atomic E-state index is 0.534. The van der Waals surface area contributed by atoms with Gasteiger partial charge in [-0.3, -0.25) is 0 Å². The molecule has 1 aromatic heterocycles. The maximum atomic E-state index is 5.79. The van der Waals surface area contributed by atoms with Crippen LogP contribution in [-0.4, -0.2) is 9.97 Å². The molecule has 4 heteroatoms. The summed E-state index contributed by atoms with van der Waals surface area (Å²) in [7, 11) is 0. The number of halogens is 1. The Morgan fingerprint density at radius 1 is 1.25 bits per heavy atom. The number of hydrogen-bond acceptors (Lipinski definition) is 3. The van der Waals surface area contributed by atoms with E-state index in [4.69, 9.17) is 5.73 Å². The minimum atomic E-state index is 0.534. The van der Waals surface area contributed by atoms with Crippen molar-refractivity contribution in [3.05, 3.63) is 39.1 Å². The van der Waals surface area contributed by atoms with Crippen molar-refractivity contribution in [3.63, 3.8) is 0 Å². The van der Waals surface area contributed by atoms with Gasteiger partial charge in [-0.1, -0.05) is 17.7 Å². The van der Waals surface area contributed by atoms with Crippen molar-refractivity contribution in [1.29, 1.82) is 0 Å². The lowest BCUT2D eigenvalue weighted by molar-refractivity contribution is 1.16. The topological polar surface area (TPSA) is 51.8 Å². The maximum Gasteiger partial charge on any atom is 0.161 e. The van der Waals surface area contributed by atoms with Crippen LogP contribution in [0, 0.1) is 17.4 Å². The lowest BCUT2D eigenvalue weighted by atomic mass is 10.1. The third-order valence-corrected chi connectivity index (χ3v) is 3.24. The Labute approximate surface area is 108 Å². The molecule has 2 aromatic rings.